The molecule has 0 unspecified atom stereocenters. The van der Waals surface area contributed by atoms with E-state index in [0.717, 1.165) is 44.6 Å². The van der Waals surface area contributed by atoms with Gasteiger partial charge in [-0.3, -0.25) is 4.79 Å². The van der Waals surface area contributed by atoms with Crippen LogP contribution in [0.1, 0.15) is 24.8 Å². The van der Waals surface area contributed by atoms with Crippen molar-refractivity contribution >= 4 is 11.7 Å². The first kappa shape index (κ1) is 15.3. The minimum absolute atomic E-state index is 0.160. The molecular weight excluding hydrogens is 278 g/mol. The van der Waals surface area contributed by atoms with Crippen LogP contribution in [0.15, 0.2) is 18.3 Å². The Morgan fingerprint density at radius 3 is 3.00 bits per heavy atom. The maximum atomic E-state index is 12.2. The zero-order valence-corrected chi connectivity index (χ0v) is 13.5. The quantitative estimate of drug-likeness (QED) is 0.831. The number of hydrogen-bond acceptors (Lipinski definition) is 4. The van der Waals surface area contributed by atoms with Crippen LogP contribution < -0.4 is 4.90 Å². The normalized spacial score (nSPS) is 21.7. The highest BCUT2D eigenvalue weighted by atomic mass is 16.5. The zero-order chi connectivity index (χ0) is 15.5. The Morgan fingerprint density at radius 1 is 1.45 bits per heavy atom. The number of aryl methyl sites for hydroxylation is 1. The second-order valence-electron chi connectivity index (χ2n) is 6.51. The smallest absolute Gasteiger partial charge is 0.225 e. The fourth-order valence-corrected chi connectivity index (χ4v) is 2.87. The van der Waals surface area contributed by atoms with Crippen LogP contribution in [0.4, 0.5) is 5.82 Å². The number of hydrogen-bond donors (Lipinski definition) is 0. The molecule has 1 aromatic rings. The molecular formula is C17H25N3O2. The van der Waals surface area contributed by atoms with Crippen molar-refractivity contribution in [3.63, 3.8) is 0 Å². The van der Waals surface area contributed by atoms with Gasteiger partial charge < -0.3 is 14.5 Å². The lowest BCUT2D eigenvalue weighted by atomic mass is 10.1. The van der Waals surface area contributed by atoms with E-state index in [-0.39, 0.29) is 6.10 Å². The number of amides is 1. The Hall–Kier alpha value is -1.62. The van der Waals surface area contributed by atoms with E-state index in [1.54, 1.807) is 0 Å². The molecule has 1 saturated carbocycles. The van der Waals surface area contributed by atoms with Gasteiger partial charge in [-0.15, -0.1) is 0 Å². The average Bonchev–Trinajstić information content (AvgIpc) is 3.37. The Labute approximate surface area is 132 Å². The second kappa shape index (κ2) is 6.65. The van der Waals surface area contributed by atoms with Gasteiger partial charge in [-0.2, -0.15) is 0 Å². The number of ether oxygens (including phenoxy) is 1. The molecule has 2 aliphatic rings. The van der Waals surface area contributed by atoms with Gasteiger partial charge in [0.1, 0.15) is 5.82 Å². The van der Waals surface area contributed by atoms with Gasteiger partial charge in [-0.25, -0.2) is 4.98 Å². The summed E-state index contributed by atoms with van der Waals surface area (Å²) in [5, 5.41) is 0. The molecule has 1 atom stereocenters. The second-order valence-corrected chi connectivity index (χ2v) is 6.51. The molecule has 1 aliphatic carbocycles. The summed E-state index contributed by atoms with van der Waals surface area (Å²) in [4.78, 5) is 20.5. The molecule has 120 valence electrons. The minimum Gasteiger partial charge on any atom is -0.375 e. The average molecular weight is 303 g/mol. The van der Waals surface area contributed by atoms with Crippen molar-refractivity contribution in [2.45, 2.75) is 31.8 Å². The molecule has 2 fully saturated rings. The minimum atomic E-state index is 0.160. The summed E-state index contributed by atoms with van der Waals surface area (Å²) in [6.45, 7) is 2.18. The van der Waals surface area contributed by atoms with Gasteiger partial charge in [-0.1, -0.05) is 0 Å². The standard InChI is InChI=1S/C17H25N3O2/c1-19(2)16-11-13(7-8-18-16)3-6-15-12-20(9-10-22-15)17(21)14-4-5-14/h7-8,11,14-15H,3-6,9-10,12H2,1-2H3/t15-/m0/s1. The van der Waals surface area contributed by atoms with Crippen LogP contribution >= 0.6 is 0 Å². The first-order chi connectivity index (χ1) is 10.6. The third kappa shape index (κ3) is 3.77. The highest BCUT2D eigenvalue weighted by molar-refractivity contribution is 5.81. The van der Waals surface area contributed by atoms with Crippen LogP contribution in [0.3, 0.4) is 0 Å². The highest BCUT2D eigenvalue weighted by Gasteiger charge is 2.35. The maximum Gasteiger partial charge on any atom is 0.225 e. The van der Waals surface area contributed by atoms with Gasteiger partial charge in [0, 0.05) is 39.3 Å². The summed E-state index contributed by atoms with van der Waals surface area (Å²) in [5.41, 5.74) is 1.27. The number of anilines is 1. The van der Waals surface area contributed by atoms with Crippen molar-refractivity contribution in [3.05, 3.63) is 23.9 Å². The van der Waals surface area contributed by atoms with E-state index in [9.17, 15) is 4.79 Å². The Morgan fingerprint density at radius 2 is 2.27 bits per heavy atom. The van der Waals surface area contributed by atoms with Crippen molar-refractivity contribution in [1.82, 2.24) is 9.88 Å². The van der Waals surface area contributed by atoms with Gasteiger partial charge in [-0.05, 0) is 43.4 Å². The van der Waals surface area contributed by atoms with E-state index >= 15 is 0 Å². The molecule has 0 radical (unpaired) electrons. The SMILES string of the molecule is CN(C)c1cc(CC[C@H]2CN(C(=O)C3CC3)CCO2)ccn1. The van der Waals surface area contributed by atoms with E-state index in [1.807, 2.05) is 30.1 Å². The van der Waals surface area contributed by atoms with Crippen LogP contribution in [0.2, 0.25) is 0 Å². The number of aromatic nitrogens is 1. The number of rotatable bonds is 5. The number of morpholine rings is 1. The van der Waals surface area contributed by atoms with Crippen LogP contribution in [-0.4, -0.2) is 55.7 Å². The molecule has 0 bridgehead atoms. The highest BCUT2D eigenvalue weighted by Crippen LogP contribution is 2.31. The predicted octanol–water partition coefficient (Wildman–Crippen LogP) is 1.72. The Balaban J connectivity index is 1.52. The lowest BCUT2D eigenvalue weighted by Crippen LogP contribution is -2.46. The van der Waals surface area contributed by atoms with E-state index in [1.165, 1.54) is 5.56 Å². The molecule has 5 heteroatoms. The molecule has 22 heavy (non-hydrogen) atoms. The van der Waals surface area contributed by atoms with Crippen molar-refractivity contribution < 1.29 is 9.53 Å². The monoisotopic (exact) mass is 303 g/mol. The van der Waals surface area contributed by atoms with E-state index in [0.29, 0.717) is 18.4 Å². The maximum absolute atomic E-state index is 12.2. The topological polar surface area (TPSA) is 45.7 Å². The largest absolute Gasteiger partial charge is 0.375 e. The van der Waals surface area contributed by atoms with Crippen molar-refractivity contribution in [3.8, 4) is 0 Å². The first-order valence-corrected chi connectivity index (χ1v) is 8.16. The van der Waals surface area contributed by atoms with E-state index in [4.69, 9.17) is 4.74 Å². The number of pyridine rings is 1. The van der Waals surface area contributed by atoms with Crippen LogP contribution in [0.5, 0.6) is 0 Å². The van der Waals surface area contributed by atoms with E-state index in [2.05, 4.69) is 17.1 Å². The van der Waals surface area contributed by atoms with Crippen LogP contribution in [0.25, 0.3) is 0 Å². The molecule has 0 aromatic carbocycles. The van der Waals surface area contributed by atoms with Gasteiger partial charge >= 0.3 is 0 Å². The lowest BCUT2D eigenvalue weighted by molar-refractivity contribution is -0.140. The third-order valence-corrected chi connectivity index (χ3v) is 4.40. The van der Waals surface area contributed by atoms with Crippen molar-refractivity contribution in [2.75, 3.05) is 38.7 Å². The molecule has 1 aliphatic heterocycles. The third-order valence-electron chi connectivity index (χ3n) is 4.40. The number of carbonyl (C=O) groups is 1. The molecule has 1 saturated heterocycles. The van der Waals surface area contributed by atoms with Gasteiger partial charge in [0.15, 0.2) is 0 Å². The molecule has 1 amide bonds. The lowest BCUT2D eigenvalue weighted by Gasteiger charge is -2.33. The summed E-state index contributed by atoms with van der Waals surface area (Å²) < 4.78 is 5.84. The molecule has 3 rings (SSSR count). The number of nitrogens with zero attached hydrogens (tertiary/aromatic N) is 3. The Kier molecular flexibility index (Phi) is 4.62. The van der Waals surface area contributed by atoms with Gasteiger partial charge in [0.25, 0.3) is 0 Å². The summed E-state index contributed by atoms with van der Waals surface area (Å²) in [6.07, 6.45) is 6.07. The molecule has 1 aromatic heterocycles. The van der Waals surface area contributed by atoms with Gasteiger partial charge in [0.05, 0.1) is 12.7 Å². The summed E-state index contributed by atoms with van der Waals surface area (Å²) in [7, 11) is 4.00. The summed E-state index contributed by atoms with van der Waals surface area (Å²) in [5.74, 6) is 1.63. The predicted molar refractivity (Wildman–Crippen MR) is 85.9 cm³/mol. The van der Waals surface area contributed by atoms with Crippen LogP contribution in [-0.2, 0) is 16.0 Å². The van der Waals surface area contributed by atoms with Crippen molar-refractivity contribution in [2.24, 2.45) is 5.92 Å². The molecule has 5 nitrogen and oxygen atoms in total. The van der Waals surface area contributed by atoms with Gasteiger partial charge in [0.2, 0.25) is 5.91 Å². The summed E-state index contributed by atoms with van der Waals surface area (Å²) >= 11 is 0. The number of carbonyl (C=O) groups excluding carboxylic acids is 1. The van der Waals surface area contributed by atoms with E-state index < -0.39 is 0 Å². The fourth-order valence-electron chi connectivity index (χ4n) is 2.87. The van der Waals surface area contributed by atoms with Crippen molar-refractivity contribution in [1.29, 1.82) is 0 Å². The molecule has 2 heterocycles. The Bertz CT molecular complexity index is 528. The fraction of sp³-hybridized carbons (Fsp3) is 0.647. The first-order valence-electron chi connectivity index (χ1n) is 8.16. The summed E-state index contributed by atoms with van der Waals surface area (Å²) in [6, 6.07) is 4.18. The van der Waals surface area contributed by atoms with Crippen LogP contribution in [0, 0.1) is 5.92 Å². The molecule has 0 spiro atoms. The zero-order valence-electron chi connectivity index (χ0n) is 13.5. The molecule has 0 N–H and O–H groups in total.